The van der Waals surface area contributed by atoms with Crippen LogP contribution in [0.4, 0.5) is 11.4 Å². The van der Waals surface area contributed by atoms with Crippen molar-refractivity contribution in [3.63, 3.8) is 0 Å². The Kier molecular flexibility index (Phi) is 6.34. The summed E-state index contributed by atoms with van der Waals surface area (Å²) < 4.78 is 1.49. The molecule has 1 atom stereocenters. The number of thioether (sulfide) groups is 1. The van der Waals surface area contributed by atoms with Crippen molar-refractivity contribution in [2.45, 2.75) is 31.1 Å². The molecule has 164 valence electrons. The third kappa shape index (κ3) is 4.28. The summed E-state index contributed by atoms with van der Waals surface area (Å²) in [5.74, 6) is -0.277. The van der Waals surface area contributed by atoms with E-state index in [9.17, 15) is 14.4 Å². The lowest BCUT2D eigenvalue weighted by Crippen LogP contribution is -2.40. The lowest BCUT2D eigenvalue weighted by atomic mass is 10.2. The zero-order valence-corrected chi connectivity index (χ0v) is 18.9. The Balaban J connectivity index is 1.67. The van der Waals surface area contributed by atoms with Gasteiger partial charge in [0.1, 0.15) is 0 Å². The average molecular weight is 469 g/mol. The van der Waals surface area contributed by atoms with E-state index in [-0.39, 0.29) is 42.1 Å². The van der Waals surface area contributed by atoms with Crippen molar-refractivity contribution in [1.29, 1.82) is 0 Å². The largest absolute Gasteiger partial charge is 0.324 e. The number of amides is 2. The molecule has 0 spiro atoms. The molecule has 0 radical (unpaired) electrons. The number of allylic oxidation sites excluding steroid dienone is 1. The van der Waals surface area contributed by atoms with Gasteiger partial charge in [0.05, 0.1) is 28.0 Å². The topological polar surface area (TPSA) is 84.3 Å². The lowest BCUT2D eigenvalue weighted by molar-refractivity contribution is -0.117. The van der Waals surface area contributed by atoms with Gasteiger partial charge in [0.15, 0.2) is 5.16 Å². The van der Waals surface area contributed by atoms with Crippen LogP contribution in [0.1, 0.15) is 13.3 Å². The van der Waals surface area contributed by atoms with Crippen molar-refractivity contribution < 1.29 is 9.59 Å². The maximum absolute atomic E-state index is 13.3. The molecule has 2 amide bonds. The Morgan fingerprint density at radius 3 is 2.88 bits per heavy atom. The fraction of sp³-hybridized carbons (Fsp3) is 0.217. The van der Waals surface area contributed by atoms with Crippen LogP contribution >= 0.6 is 23.4 Å². The highest BCUT2D eigenvalue weighted by molar-refractivity contribution is 7.99. The number of hydrogen-bond donors (Lipinski definition) is 1. The van der Waals surface area contributed by atoms with Crippen LogP contribution in [0.2, 0.25) is 5.02 Å². The second kappa shape index (κ2) is 9.18. The van der Waals surface area contributed by atoms with Crippen LogP contribution in [-0.4, -0.2) is 33.2 Å². The molecule has 0 aliphatic carbocycles. The summed E-state index contributed by atoms with van der Waals surface area (Å²) in [6.07, 6.45) is 1.81. The second-order valence-corrected chi connectivity index (χ2v) is 8.81. The normalized spacial score (nSPS) is 15.8. The van der Waals surface area contributed by atoms with Gasteiger partial charge in [-0.25, -0.2) is 4.98 Å². The molecular weight excluding hydrogens is 448 g/mol. The van der Waals surface area contributed by atoms with E-state index in [0.717, 1.165) is 0 Å². The Labute approximate surface area is 194 Å². The summed E-state index contributed by atoms with van der Waals surface area (Å²) >= 11 is 7.25. The molecular formula is C23H21ClN4O3S. The monoisotopic (exact) mass is 468 g/mol. The fourth-order valence-electron chi connectivity index (χ4n) is 3.74. The zero-order valence-electron chi connectivity index (χ0n) is 17.4. The SMILES string of the molecule is C=CCn1c(SCC(=O)N2c3ccccc3NC(=O)CC2C)nc2cc(Cl)ccc2c1=O. The molecule has 9 heteroatoms. The van der Waals surface area contributed by atoms with Gasteiger partial charge in [-0.1, -0.05) is 41.6 Å². The highest BCUT2D eigenvalue weighted by Gasteiger charge is 2.29. The molecule has 1 aliphatic heterocycles. The van der Waals surface area contributed by atoms with Crippen LogP contribution < -0.4 is 15.8 Å². The molecule has 1 unspecified atom stereocenters. The van der Waals surface area contributed by atoms with Crippen LogP contribution in [-0.2, 0) is 16.1 Å². The molecule has 4 rings (SSSR count). The lowest BCUT2D eigenvalue weighted by Gasteiger charge is -2.27. The second-order valence-electron chi connectivity index (χ2n) is 7.43. The van der Waals surface area contributed by atoms with Crippen molar-refractivity contribution in [2.24, 2.45) is 0 Å². The molecule has 1 N–H and O–H groups in total. The minimum Gasteiger partial charge on any atom is -0.324 e. The minimum absolute atomic E-state index is 0.0442. The number of carbonyl (C=O) groups is 2. The number of nitrogens with zero attached hydrogens (tertiary/aromatic N) is 3. The Morgan fingerprint density at radius 2 is 2.09 bits per heavy atom. The number of aromatic nitrogens is 2. The number of benzene rings is 2. The van der Waals surface area contributed by atoms with Gasteiger partial charge in [-0.15, -0.1) is 6.58 Å². The first kappa shape index (κ1) is 22.1. The average Bonchev–Trinajstić information content (AvgIpc) is 2.88. The van der Waals surface area contributed by atoms with E-state index in [1.54, 1.807) is 35.2 Å². The summed E-state index contributed by atoms with van der Waals surface area (Å²) in [6, 6.07) is 11.8. The first-order valence-electron chi connectivity index (χ1n) is 10.0. The van der Waals surface area contributed by atoms with E-state index in [1.165, 1.54) is 16.3 Å². The molecule has 1 aliphatic rings. The third-order valence-corrected chi connectivity index (χ3v) is 6.34. The first-order chi connectivity index (χ1) is 15.4. The highest BCUT2D eigenvalue weighted by atomic mass is 35.5. The summed E-state index contributed by atoms with van der Waals surface area (Å²) in [4.78, 5) is 44.7. The minimum atomic E-state index is -0.314. The van der Waals surface area contributed by atoms with Gasteiger partial charge in [0, 0.05) is 24.0 Å². The number of anilines is 2. The molecule has 0 saturated carbocycles. The molecule has 1 aromatic heterocycles. The molecule has 2 aromatic carbocycles. The van der Waals surface area contributed by atoms with Crippen LogP contribution in [0.25, 0.3) is 10.9 Å². The number of rotatable bonds is 5. The van der Waals surface area contributed by atoms with E-state index < -0.39 is 0 Å². The Bertz CT molecular complexity index is 1290. The standard InChI is InChI=1S/C23H21ClN4O3S/c1-3-10-27-22(31)16-9-8-15(24)12-18(16)26-23(27)32-13-21(30)28-14(2)11-20(29)25-17-6-4-5-7-19(17)28/h3-9,12,14H,1,10-11,13H2,2H3,(H,25,29). The van der Waals surface area contributed by atoms with Crippen molar-refractivity contribution >= 4 is 57.5 Å². The number of nitrogens with one attached hydrogen (secondary N) is 1. The Hall–Kier alpha value is -3.10. The number of halogens is 1. The van der Waals surface area contributed by atoms with E-state index in [0.29, 0.717) is 32.5 Å². The first-order valence-corrected chi connectivity index (χ1v) is 11.4. The van der Waals surface area contributed by atoms with Gasteiger partial charge < -0.3 is 10.2 Å². The van der Waals surface area contributed by atoms with E-state index in [1.807, 2.05) is 25.1 Å². The van der Waals surface area contributed by atoms with E-state index >= 15 is 0 Å². The van der Waals surface area contributed by atoms with E-state index in [2.05, 4.69) is 16.9 Å². The van der Waals surface area contributed by atoms with E-state index in [4.69, 9.17) is 11.6 Å². The third-order valence-electron chi connectivity index (χ3n) is 5.15. The Morgan fingerprint density at radius 1 is 1.31 bits per heavy atom. The van der Waals surface area contributed by atoms with Crippen molar-refractivity contribution in [1.82, 2.24) is 9.55 Å². The quantitative estimate of drug-likeness (QED) is 0.346. The van der Waals surface area contributed by atoms with Gasteiger partial charge in [0.25, 0.3) is 5.56 Å². The maximum Gasteiger partial charge on any atom is 0.262 e. The number of para-hydroxylation sites is 2. The van der Waals surface area contributed by atoms with Crippen LogP contribution in [0.5, 0.6) is 0 Å². The number of hydrogen-bond acceptors (Lipinski definition) is 5. The van der Waals surface area contributed by atoms with Gasteiger partial charge in [0.2, 0.25) is 11.8 Å². The predicted molar refractivity (Wildman–Crippen MR) is 129 cm³/mol. The van der Waals surface area contributed by atoms with Gasteiger partial charge in [-0.3, -0.25) is 19.0 Å². The molecule has 2 heterocycles. The molecule has 0 bridgehead atoms. The molecule has 7 nitrogen and oxygen atoms in total. The molecule has 32 heavy (non-hydrogen) atoms. The smallest absolute Gasteiger partial charge is 0.262 e. The van der Waals surface area contributed by atoms with Crippen LogP contribution in [0.15, 0.2) is 65.1 Å². The molecule has 0 fully saturated rings. The zero-order chi connectivity index (χ0) is 22.8. The van der Waals surface area contributed by atoms with Crippen molar-refractivity contribution in [3.05, 3.63) is 70.5 Å². The number of fused-ring (bicyclic) bond motifs is 2. The maximum atomic E-state index is 13.3. The number of carbonyl (C=O) groups excluding carboxylic acids is 2. The predicted octanol–water partition coefficient (Wildman–Crippen LogP) is 4.09. The van der Waals surface area contributed by atoms with Crippen molar-refractivity contribution in [2.75, 3.05) is 16.0 Å². The van der Waals surface area contributed by atoms with Crippen LogP contribution in [0, 0.1) is 0 Å². The summed E-state index contributed by atoms with van der Waals surface area (Å²) in [7, 11) is 0. The van der Waals surface area contributed by atoms with Crippen molar-refractivity contribution in [3.8, 4) is 0 Å². The van der Waals surface area contributed by atoms with Gasteiger partial charge >= 0.3 is 0 Å². The summed E-state index contributed by atoms with van der Waals surface area (Å²) in [6.45, 7) is 5.83. The highest BCUT2D eigenvalue weighted by Crippen LogP contribution is 2.32. The fourth-order valence-corrected chi connectivity index (χ4v) is 4.77. The summed E-state index contributed by atoms with van der Waals surface area (Å²) in [5.41, 5.74) is 1.51. The van der Waals surface area contributed by atoms with Gasteiger partial charge in [-0.2, -0.15) is 0 Å². The molecule has 0 saturated heterocycles. The van der Waals surface area contributed by atoms with Gasteiger partial charge in [-0.05, 0) is 37.3 Å². The summed E-state index contributed by atoms with van der Waals surface area (Å²) in [5, 5.41) is 4.18. The van der Waals surface area contributed by atoms with Crippen LogP contribution in [0.3, 0.4) is 0 Å². The molecule has 3 aromatic rings.